The second-order valence-electron chi connectivity index (χ2n) is 9.80. The zero-order chi connectivity index (χ0) is 28.7. The fourth-order valence-electron chi connectivity index (χ4n) is 4.62. The molecule has 0 aliphatic heterocycles. The lowest BCUT2D eigenvalue weighted by Gasteiger charge is -2.35. The number of carbonyl (C=O) groups excluding carboxylic acids is 2. The van der Waals surface area contributed by atoms with Crippen molar-refractivity contribution in [3.63, 3.8) is 0 Å². The van der Waals surface area contributed by atoms with Crippen LogP contribution in [0.5, 0.6) is 0 Å². The zero-order valence-electron chi connectivity index (χ0n) is 22.4. The SMILES string of the molecule is CCC(C(=O)NC1CCCCC1)N(Cc1ccc(Cl)cc1Cl)C(=O)CN(c1ccc(F)cc1)S(=O)(=O)N(C)C. The molecule has 1 N–H and O–H groups in total. The molecule has 0 radical (unpaired) electrons. The lowest BCUT2D eigenvalue weighted by atomic mass is 9.95. The molecule has 0 aromatic heterocycles. The van der Waals surface area contributed by atoms with Crippen LogP contribution in [-0.2, 0) is 26.3 Å². The summed E-state index contributed by atoms with van der Waals surface area (Å²) in [6.07, 6.45) is 5.23. The number of carbonyl (C=O) groups is 2. The number of hydrogen-bond donors (Lipinski definition) is 1. The van der Waals surface area contributed by atoms with E-state index in [0.717, 1.165) is 52.8 Å². The monoisotopic (exact) mass is 600 g/mol. The molecule has 1 aliphatic carbocycles. The summed E-state index contributed by atoms with van der Waals surface area (Å²) in [4.78, 5) is 28.8. The fraction of sp³-hybridized carbons (Fsp3) is 0.481. The van der Waals surface area contributed by atoms with Crippen LogP contribution in [0.1, 0.15) is 51.0 Å². The maximum atomic E-state index is 13.9. The predicted octanol–water partition coefficient (Wildman–Crippen LogP) is 5.00. The minimum absolute atomic E-state index is 0.0289. The van der Waals surface area contributed by atoms with Crippen molar-refractivity contribution in [3.8, 4) is 0 Å². The molecule has 39 heavy (non-hydrogen) atoms. The van der Waals surface area contributed by atoms with Crippen molar-refractivity contribution in [2.45, 2.75) is 64.1 Å². The van der Waals surface area contributed by atoms with Crippen LogP contribution in [-0.4, -0.2) is 62.2 Å². The van der Waals surface area contributed by atoms with Gasteiger partial charge in [-0.1, -0.05) is 55.5 Å². The molecule has 12 heteroatoms. The number of nitrogens with one attached hydrogen (secondary N) is 1. The Hall–Kier alpha value is -2.40. The molecule has 1 atom stereocenters. The number of amides is 2. The van der Waals surface area contributed by atoms with E-state index in [9.17, 15) is 22.4 Å². The molecule has 1 saturated carbocycles. The lowest BCUT2D eigenvalue weighted by molar-refractivity contribution is -0.140. The highest BCUT2D eigenvalue weighted by Crippen LogP contribution is 2.26. The third-order valence-electron chi connectivity index (χ3n) is 6.83. The average Bonchev–Trinajstić information content (AvgIpc) is 2.89. The maximum absolute atomic E-state index is 13.9. The van der Waals surface area contributed by atoms with Crippen LogP contribution in [0.2, 0.25) is 10.0 Å². The molecule has 8 nitrogen and oxygen atoms in total. The lowest BCUT2D eigenvalue weighted by Crippen LogP contribution is -2.54. The van der Waals surface area contributed by atoms with Gasteiger partial charge in [-0.25, -0.2) is 8.70 Å². The van der Waals surface area contributed by atoms with Gasteiger partial charge < -0.3 is 10.2 Å². The Morgan fingerprint density at radius 1 is 1.05 bits per heavy atom. The molecule has 3 rings (SSSR count). The van der Waals surface area contributed by atoms with E-state index < -0.39 is 34.5 Å². The summed E-state index contributed by atoms with van der Waals surface area (Å²) in [7, 11) is -1.46. The van der Waals surface area contributed by atoms with Gasteiger partial charge in [0, 0.05) is 36.7 Å². The highest BCUT2D eigenvalue weighted by molar-refractivity contribution is 7.90. The fourth-order valence-corrected chi connectivity index (χ4v) is 6.15. The van der Waals surface area contributed by atoms with Gasteiger partial charge in [0.15, 0.2) is 0 Å². The quantitative estimate of drug-likeness (QED) is 0.393. The Labute approximate surface area is 240 Å². The Morgan fingerprint density at radius 2 is 1.69 bits per heavy atom. The van der Waals surface area contributed by atoms with Crippen LogP contribution in [0.15, 0.2) is 42.5 Å². The molecule has 1 fully saturated rings. The molecule has 2 amide bonds. The first kappa shape index (κ1) is 31.1. The van der Waals surface area contributed by atoms with Crippen molar-refractivity contribution in [2.75, 3.05) is 24.9 Å². The van der Waals surface area contributed by atoms with E-state index in [-0.39, 0.29) is 24.2 Å². The maximum Gasteiger partial charge on any atom is 0.304 e. The minimum Gasteiger partial charge on any atom is -0.352 e. The van der Waals surface area contributed by atoms with E-state index in [1.807, 2.05) is 0 Å². The third kappa shape index (κ3) is 8.06. The van der Waals surface area contributed by atoms with Gasteiger partial charge in [0.25, 0.3) is 0 Å². The molecule has 214 valence electrons. The van der Waals surface area contributed by atoms with Crippen LogP contribution in [0.25, 0.3) is 0 Å². The number of hydrogen-bond acceptors (Lipinski definition) is 4. The van der Waals surface area contributed by atoms with Gasteiger partial charge in [0.1, 0.15) is 18.4 Å². The Bertz CT molecular complexity index is 1250. The smallest absolute Gasteiger partial charge is 0.304 e. The topological polar surface area (TPSA) is 90.0 Å². The predicted molar refractivity (Wildman–Crippen MR) is 152 cm³/mol. The number of rotatable bonds is 11. The van der Waals surface area contributed by atoms with Gasteiger partial charge in [-0.3, -0.25) is 9.59 Å². The first-order chi connectivity index (χ1) is 18.4. The van der Waals surface area contributed by atoms with E-state index in [1.165, 1.54) is 31.1 Å². The molecule has 0 saturated heterocycles. The van der Waals surface area contributed by atoms with Gasteiger partial charge in [-0.05, 0) is 61.2 Å². The summed E-state index contributed by atoms with van der Waals surface area (Å²) in [5, 5.41) is 3.82. The van der Waals surface area contributed by atoms with E-state index >= 15 is 0 Å². The molecule has 0 bridgehead atoms. The van der Waals surface area contributed by atoms with E-state index in [0.29, 0.717) is 22.0 Å². The molecule has 0 heterocycles. The third-order valence-corrected chi connectivity index (χ3v) is 9.23. The summed E-state index contributed by atoms with van der Waals surface area (Å²) < 4.78 is 42.0. The van der Waals surface area contributed by atoms with Crippen molar-refractivity contribution in [3.05, 3.63) is 63.9 Å². The van der Waals surface area contributed by atoms with Crippen molar-refractivity contribution in [1.82, 2.24) is 14.5 Å². The second kappa shape index (κ2) is 13.8. The Balaban J connectivity index is 1.98. The van der Waals surface area contributed by atoms with E-state index in [1.54, 1.807) is 25.1 Å². The number of benzene rings is 2. The normalized spacial score (nSPS) is 15.2. The van der Waals surface area contributed by atoms with Crippen LogP contribution >= 0.6 is 23.2 Å². The van der Waals surface area contributed by atoms with Crippen molar-refractivity contribution >= 4 is 50.9 Å². The van der Waals surface area contributed by atoms with E-state index in [2.05, 4.69) is 5.32 Å². The Kier molecular flexibility index (Phi) is 11.0. The largest absolute Gasteiger partial charge is 0.352 e. The summed E-state index contributed by atoms with van der Waals surface area (Å²) >= 11 is 12.5. The van der Waals surface area contributed by atoms with Crippen LogP contribution < -0.4 is 9.62 Å². The van der Waals surface area contributed by atoms with Gasteiger partial charge in [-0.2, -0.15) is 12.7 Å². The van der Waals surface area contributed by atoms with Crippen LogP contribution in [0, 0.1) is 5.82 Å². The first-order valence-corrected chi connectivity index (χ1v) is 15.1. The van der Waals surface area contributed by atoms with Gasteiger partial charge in [-0.15, -0.1) is 0 Å². The minimum atomic E-state index is -4.14. The first-order valence-electron chi connectivity index (χ1n) is 12.9. The van der Waals surface area contributed by atoms with Gasteiger partial charge in [0.2, 0.25) is 11.8 Å². The molecular weight excluding hydrogens is 566 g/mol. The van der Waals surface area contributed by atoms with Crippen molar-refractivity contribution < 1.29 is 22.4 Å². The number of halogens is 3. The summed E-state index contributed by atoms with van der Waals surface area (Å²) in [6.45, 7) is 1.15. The molecular formula is C27H35Cl2FN4O4S. The standard InChI is InChI=1S/C27H35Cl2FN4O4S/c1-4-25(27(36)31-22-8-6-5-7-9-22)33(17-19-10-11-20(28)16-24(19)29)26(35)18-34(39(37,38)32(2)3)23-14-12-21(30)13-15-23/h10-16,22,25H,4-9,17-18H2,1-3H3,(H,31,36). The van der Waals surface area contributed by atoms with Crippen molar-refractivity contribution in [1.29, 1.82) is 0 Å². The summed E-state index contributed by atoms with van der Waals surface area (Å²) in [6, 6.07) is 8.83. The van der Waals surface area contributed by atoms with E-state index in [4.69, 9.17) is 23.2 Å². The summed E-state index contributed by atoms with van der Waals surface area (Å²) in [5.74, 6) is -1.45. The summed E-state index contributed by atoms with van der Waals surface area (Å²) in [5.41, 5.74) is 0.671. The highest BCUT2D eigenvalue weighted by atomic mass is 35.5. The zero-order valence-corrected chi connectivity index (χ0v) is 24.7. The molecule has 1 unspecified atom stereocenters. The average molecular weight is 602 g/mol. The highest BCUT2D eigenvalue weighted by Gasteiger charge is 2.34. The number of anilines is 1. The van der Waals surface area contributed by atoms with Gasteiger partial charge >= 0.3 is 10.2 Å². The number of nitrogens with zero attached hydrogens (tertiary/aromatic N) is 3. The van der Waals surface area contributed by atoms with Crippen LogP contribution in [0.3, 0.4) is 0 Å². The van der Waals surface area contributed by atoms with Gasteiger partial charge in [0.05, 0.1) is 5.69 Å². The Morgan fingerprint density at radius 3 is 2.26 bits per heavy atom. The second-order valence-corrected chi connectivity index (χ2v) is 12.7. The molecule has 2 aromatic rings. The molecule has 2 aromatic carbocycles. The van der Waals surface area contributed by atoms with Crippen molar-refractivity contribution in [2.24, 2.45) is 0 Å². The molecule has 1 aliphatic rings. The van der Waals surface area contributed by atoms with Crippen LogP contribution in [0.4, 0.5) is 10.1 Å². The molecule has 0 spiro atoms.